The Kier molecular flexibility index (Phi) is 4.65. The standard InChI is InChI=1S/C12H15NO5/c1-8(7-12(14)17-3)18-11-6-4-5-10(9(11)2)13(15)16/h4-6,8H,7H2,1-3H3. The molecule has 0 aromatic heterocycles. The van der Waals surface area contributed by atoms with E-state index in [1.54, 1.807) is 26.0 Å². The fourth-order valence-electron chi connectivity index (χ4n) is 1.50. The van der Waals surface area contributed by atoms with Gasteiger partial charge in [0, 0.05) is 6.07 Å². The summed E-state index contributed by atoms with van der Waals surface area (Å²) in [6.07, 6.45) is -0.309. The van der Waals surface area contributed by atoms with Crippen LogP contribution in [-0.2, 0) is 9.53 Å². The molecule has 0 fully saturated rings. The molecule has 0 aliphatic carbocycles. The number of carbonyl (C=O) groups excluding carboxylic acids is 1. The van der Waals surface area contributed by atoms with Gasteiger partial charge in [-0.2, -0.15) is 0 Å². The van der Waals surface area contributed by atoms with Crippen molar-refractivity contribution in [2.45, 2.75) is 26.4 Å². The third-order valence-electron chi connectivity index (χ3n) is 2.46. The molecule has 0 spiro atoms. The van der Waals surface area contributed by atoms with Crippen molar-refractivity contribution in [2.75, 3.05) is 7.11 Å². The van der Waals surface area contributed by atoms with Gasteiger partial charge in [0.1, 0.15) is 11.9 Å². The lowest BCUT2D eigenvalue weighted by Crippen LogP contribution is -2.18. The summed E-state index contributed by atoms with van der Waals surface area (Å²) in [6.45, 7) is 3.31. The molecule has 0 aliphatic heterocycles. The molecule has 1 unspecified atom stereocenters. The lowest BCUT2D eigenvalue weighted by atomic mass is 10.2. The Hall–Kier alpha value is -2.11. The number of nitro groups is 1. The van der Waals surface area contributed by atoms with Gasteiger partial charge < -0.3 is 9.47 Å². The molecule has 1 atom stereocenters. The Morgan fingerprint density at radius 3 is 2.72 bits per heavy atom. The Bertz CT molecular complexity index is 458. The number of hydrogen-bond acceptors (Lipinski definition) is 5. The Labute approximate surface area is 105 Å². The summed E-state index contributed by atoms with van der Waals surface area (Å²) in [7, 11) is 1.30. The van der Waals surface area contributed by atoms with Crippen LogP contribution in [0.15, 0.2) is 18.2 Å². The lowest BCUT2D eigenvalue weighted by Gasteiger charge is -2.15. The highest BCUT2D eigenvalue weighted by atomic mass is 16.6. The zero-order chi connectivity index (χ0) is 13.7. The number of carbonyl (C=O) groups is 1. The van der Waals surface area contributed by atoms with Crippen LogP contribution in [0.1, 0.15) is 18.9 Å². The molecule has 0 saturated heterocycles. The van der Waals surface area contributed by atoms with Gasteiger partial charge in [-0.05, 0) is 19.9 Å². The van der Waals surface area contributed by atoms with Crippen molar-refractivity contribution in [1.82, 2.24) is 0 Å². The van der Waals surface area contributed by atoms with E-state index >= 15 is 0 Å². The second kappa shape index (κ2) is 6.00. The molecule has 0 amide bonds. The summed E-state index contributed by atoms with van der Waals surface area (Å²) in [4.78, 5) is 21.4. The highest BCUT2D eigenvalue weighted by Crippen LogP contribution is 2.28. The van der Waals surface area contributed by atoms with Gasteiger partial charge in [-0.1, -0.05) is 6.07 Å². The van der Waals surface area contributed by atoms with Crippen LogP contribution in [0, 0.1) is 17.0 Å². The predicted octanol–water partition coefficient (Wildman–Crippen LogP) is 2.23. The minimum atomic E-state index is -0.465. The van der Waals surface area contributed by atoms with Gasteiger partial charge in [0.25, 0.3) is 5.69 Å². The molecule has 1 aromatic carbocycles. The minimum absolute atomic E-state index is 0.00207. The largest absolute Gasteiger partial charge is 0.490 e. The first kappa shape index (κ1) is 14.0. The minimum Gasteiger partial charge on any atom is -0.490 e. The van der Waals surface area contributed by atoms with E-state index in [4.69, 9.17) is 4.74 Å². The molecule has 6 nitrogen and oxygen atoms in total. The normalized spacial score (nSPS) is 11.7. The van der Waals surface area contributed by atoms with Crippen molar-refractivity contribution in [2.24, 2.45) is 0 Å². The molecule has 0 bridgehead atoms. The molecule has 0 aliphatic rings. The van der Waals surface area contributed by atoms with E-state index in [0.29, 0.717) is 11.3 Å². The zero-order valence-corrected chi connectivity index (χ0v) is 10.5. The zero-order valence-electron chi connectivity index (χ0n) is 10.5. The van der Waals surface area contributed by atoms with Crippen molar-refractivity contribution < 1.29 is 19.2 Å². The van der Waals surface area contributed by atoms with Crippen molar-refractivity contribution in [3.63, 3.8) is 0 Å². The Morgan fingerprint density at radius 2 is 2.17 bits per heavy atom. The SMILES string of the molecule is COC(=O)CC(C)Oc1cccc([N+](=O)[O-])c1C. The van der Waals surface area contributed by atoms with Gasteiger partial charge in [-0.25, -0.2) is 0 Å². The van der Waals surface area contributed by atoms with E-state index in [9.17, 15) is 14.9 Å². The van der Waals surface area contributed by atoms with Gasteiger partial charge in [0.2, 0.25) is 0 Å². The van der Waals surface area contributed by atoms with Gasteiger partial charge in [0.05, 0.1) is 24.0 Å². The summed E-state index contributed by atoms with van der Waals surface area (Å²) >= 11 is 0. The first-order valence-corrected chi connectivity index (χ1v) is 5.43. The molecular weight excluding hydrogens is 238 g/mol. The van der Waals surface area contributed by atoms with Gasteiger partial charge in [-0.15, -0.1) is 0 Å². The average molecular weight is 253 g/mol. The number of ether oxygens (including phenoxy) is 2. The van der Waals surface area contributed by atoms with E-state index in [1.165, 1.54) is 13.2 Å². The molecule has 1 rings (SSSR count). The first-order chi connectivity index (χ1) is 8.45. The predicted molar refractivity (Wildman–Crippen MR) is 64.6 cm³/mol. The Morgan fingerprint density at radius 1 is 1.50 bits per heavy atom. The van der Waals surface area contributed by atoms with Crippen LogP contribution >= 0.6 is 0 Å². The van der Waals surface area contributed by atoms with E-state index in [-0.39, 0.29) is 18.1 Å². The molecule has 98 valence electrons. The molecule has 0 heterocycles. The molecule has 0 saturated carbocycles. The van der Waals surface area contributed by atoms with Crippen LogP contribution in [-0.4, -0.2) is 24.1 Å². The molecular formula is C12H15NO5. The van der Waals surface area contributed by atoms with Crippen LogP contribution in [0.5, 0.6) is 5.75 Å². The van der Waals surface area contributed by atoms with Gasteiger partial charge >= 0.3 is 5.97 Å². The van der Waals surface area contributed by atoms with E-state index < -0.39 is 11.0 Å². The van der Waals surface area contributed by atoms with E-state index in [2.05, 4.69) is 4.74 Å². The third-order valence-corrected chi connectivity index (χ3v) is 2.46. The third kappa shape index (κ3) is 3.44. The summed E-state index contributed by atoms with van der Waals surface area (Å²) in [5, 5.41) is 10.8. The van der Waals surface area contributed by atoms with Crippen LogP contribution in [0.2, 0.25) is 0 Å². The smallest absolute Gasteiger partial charge is 0.309 e. The number of nitrogens with zero attached hydrogens (tertiary/aromatic N) is 1. The van der Waals surface area contributed by atoms with Crippen molar-refractivity contribution in [3.8, 4) is 5.75 Å². The van der Waals surface area contributed by atoms with Crippen molar-refractivity contribution in [3.05, 3.63) is 33.9 Å². The highest BCUT2D eigenvalue weighted by molar-refractivity contribution is 5.69. The van der Waals surface area contributed by atoms with Gasteiger partial charge in [-0.3, -0.25) is 14.9 Å². The van der Waals surface area contributed by atoms with Crippen molar-refractivity contribution in [1.29, 1.82) is 0 Å². The van der Waals surface area contributed by atoms with Crippen LogP contribution in [0.4, 0.5) is 5.69 Å². The number of nitro benzene ring substituents is 1. The van der Waals surface area contributed by atoms with E-state index in [1.807, 2.05) is 0 Å². The Balaban J connectivity index is 2.82. The molecule has 0 N–H and O–H groups in total. The molecule has 6 heteroatoms. The first-order valence-electron chi connectivity index (χ1n) is 5.43. The second-order valence-corrected chi connectivity index (χ2v) is 3.87. The number of rotatable bonds is 5. The average Bonchev–Trinajstić information content (AvgIpc) is 2.31. The fourth-order valence-corrected chi connectivity index (χ4v) is 1.50. The summed E-state index contributed by atoms with van der Waals surface area (Å²) in [5.41, 5.74) is 0.442. The van der Waals surface area contributed by atoms with Crippen LogP contribution in [0.25, 0.3) is 0 Å². The summed E-state index contributed by atoms with van der Waals surface area (Å²) in [5.74, 6) is 0.0196. The molecule has 0 radical (unpaired) electrons. The number of hydrogen-bond donors (Lipinski definition) is 0. The summed E-state index contributed by atoms with van der Waals surface area (Å²) < 4.78 is 10.0. The fraction of sp³-hybridized carbons (Fsp3) is 0.417. The van der Waals surface area contributed by atoms with Crippen LogP contribution in [0.3, 0.4) is 0 Å². The monoisotopic (exact) mass is 253 g/mol. The van der Waals surface area contributed by atoms with E-state index in [0.717, 1.165) is 0 Å². The topological polar surface area (TPSA) is 78.7 Å². The second-order valence-electron chi connectivity index (χ2n) is 3.87. The number of esters is 1. The van der Waals surface area contributed by atoms with Crippen molar-refractivity contribution >= 4 is 11.7 Å². The summed E-state index contributed by atoms with van der Waals surface area (Å²) in [6, 6.07) is 4.59. The van der Waals surface area contributed by atoms with Crippen LogP contribution < -0.4 is 4.74 Å². The molecule has 18 heavy (non-hydrogen) atoms. The maximum Gasteiger partial charge on any atom is 0.309 e. The maximum atomic E-state index is 11.1. The lowest BCUT2D eigenvalue weighted by molar-refractivity contribution is -0.385. The number of methoxy groups -OCH3 is 1. The highest BCUT2D eigenvalue weighted by Gasteiger charge is 2.17. The van der Waals surface area contributed by atoms with Gasteiger partial charge in [0.15, 0.2) is 0 Å². The maximum absolute atomic E-state index is 11.1. The molecule has 1 aromatic rings. The quantitative estimate of drug-likeness (QED) is 0.456. The number of benzene rings is 1.